The SMILES string of the molecule is COC(=O)[C@@H]1C[C@H](NC(=O)c2ccc(-n3cccn3)cc2)CN1. The molecular weight excluding hydrogens is 296 g/mol. The Bertz CT molecular complexity index is 682. The summed E-state index contributed by atoms with van der Waals surface area (Å²) in [6.45, 7) is 0.552. The molecule has 1 amide bonds. The fraction of sp³-hybridized carbons (Fsp3) is 0.312. The van der Waals surface area contributed by atoms with Crippen LogP contribution in [-0.2, 0) is 9.53 Å². The summed E-state index contributed by atoms with van der Waals surface area (Å²) >= 11 is 0. The van der Waals surface area contributed by atoms with Crippen LogP contribution < -0.4 is 10.6 Å². The molecule has 0 aliphatic carbocycles. The van der Waals surface area contributed by atoms with Crippen LogP contribution in [0.15, 0.2) is 42.7 Å². The van der Waals surface area contributed by atoms with E-state index in [-0.39, 0.29) is 24.0 Å². The van der Waals surface area contributed by atoms with Crippen molar-refractivity contribution in [1.29, 1.82) is 0 Å². The Hall–Kier alpha value is -2.67. The lowest BCUT2D eigenvalue weighted by molar-refractivity contribution is -0.142. The van der Waals surface area contributed by atoms with Crippen LogP contribution in [0.25, 0.3) is 5.69 Å². The summed E-state index contributed by atoms with van der Waals surface area (Å²) in [6.07, 6.45) is 4.07. The molecule has 1 saturated heterocycles. The lowest BCUT2D eigenvalue weighted by Crippen LogP contribution is -2.36. The van der Waals surface area contributed by atoms with Gasteiger partial charge in [-0.3, -0.25) is 9.59 Å². The lowest BCUT2D eigenvalue weighted by Gasteiger charge is -2.12. The Morgan fingerprint density at radius 1 is 1.35 bits per heavy atom. The third-order valence-corrected chi connectivity index (χ3v) is 3.85. The van der Waals surface area contributed by atoms with Gasteiger partial charge in [0.15, 0.2) is 0 Å². The minimum Gasteiger partial charge on any atom is -0.468 e. The van der Waals surface area contributed by atoms with Gasteiger partial charge in [0.05, 0.1) is 12.8 Å². The van der Waals surface area contributed by atoms with Gasteiger partial charge in [-0.15, -0.1) is 0 Å². The van der Waals surface area contributed by atoms with Gasteiger partial charge in [0.2, 0.25) is 0 Å². The third-order valence-electron chi connectivity index (χ3n) is 3.85. The molecule has 120 valence electrons. The first-order valence-corrected chi connectivity index (χ1v) is 7.39. The zero-order chi connectivity index (χ0) is 16.2. The Balaban J connectivity index is 1.60. The van der Waals surface area contributed by atoms with Crippen molar-refractivity contribution in [1.82, 2.24) is 20.4 Å². The summed E-state index contributed by atoms with van der Waals surface area (Å²) in [6, 6.07) is 8.59. The molecule has 0 bridgehead atoms. The predicted octanol–water partition coefficient (Wildman–Crippen LogP) is 0.506. The first kappa shape index (κ1) is 15.2. The van der Waals surface area contributed by atoms with Gasteiger partial charge in [0, 0.05) is 30.5 Å². The largest absolute Gasteiger partial charge is 0.468 e. The van der Waals surface area contributed by atoms with Gasteiger partial charge in [0.25, 0.3) is 5.91 Å². The van der Waals surface area contributed by atoms with Gasteiger partial charge in [-0.05, 0) is 36.8 Å². The average molecular weight is 314 g/mol. The van der Waals surface area contributed by atoms with Crippen molar-refractivity contribution in [2.24, 2.45) is 0 Å². The number of esters is 1. The van der Waals surface area contributed by atoms with Crippen LogP contribution in [0.2, 0.25) is 0 Å². The quantitative estimate of drug-likeness (QED) is 0.803. The van der Waals surface area contributed by atoms with Gasteiger partial charge in [-0.1, -0.05) is 0 Å². The Labute approximate surface area is 133 Å². The number of rotatable bonds is 4. The molecule has 7 nitrogen and oxygen atoms in total. The molecule has 0 spiro atoms. The van der Waals surface area contributed by atoms with E-state index >= 15 is 0 Å². The van der Waals surface area contributed by atoms with E-state index in [1.54, 1.807) is 23.0 Å². The van der Waals surface area contributed by atoms with E-state index in [1.165, 1.54) is 7.11 Å². The van der Waals surface area contributed by atoms with E-state index in [9.17, 15) is 9.59 Å². The first-order valence-electron chi connectivity index (χ1n) is 7.39. The Morgan fingerprint density at radius 2 is 2.13 bits per heavy atom. The van der Waals surface area contributed by atoms with Crippen LogP contribution >= 0.6 is 0 Å². The van der Waals surface area contributed by atoms with Crippen LogP contribution in [-0.4, -0.2) is 47.4 Å². The molecule has 2 N–H and O–H groups in total. The summed E-state index contributed by atoms with van der Waals surface area (Å²) < 4.78 is 6.42. The molecule has 23 heavy (non-hydrogen) atoms. The van der Waals surface area contributed by atoms with E-state index in [2.05, 4.69) is 15.7 Å². The standard InChI is InChI=1S/C16H18N4O3/c1-23-16(22)14-9-12(10-17-14)19-15(21)11-3-5-13(6-4-11)20-8-2-7-18-20/h2-8,12,14,17H,9-10H2,1H3,(H,19,21)/t12-,14-/m0/s1. The first-order chi connectivity index (χ1) is 11.2. The van der Waals surface area contributed by atoms with Gasteiger partial charge < -0.3 is 15.4 Å². The maximum absolute atomic E-state index is 12.3. The number of benzene rings is 1. The number of carbonyl (C=O) groups excluding carboxylic acids is 2. The second-order valence-electron chi connectivity index (χ2n) is 5.39. The summed E-state index contributed by atoms with van der Waals surface area (Å²) in [5.41, 5.74) is 1.46. The fourth-order valence-electron chi connectivity index (χ4n) is 2.62. The van der Waals surface area contributed by atoms with Crippen molar-refractivity contribution in [3.8, 4) is 5.69 Å². The minimum absolute atomic E-state index is 0.0857. The highest BCUT2D eigenvalue weighted by molar-refractivity contribution is 5.94. The molecule has 0 saturated carbocycles. The zero-order valence-electron chi connectivity index (χ0n) is 12.7. The summed E-state index contributed by atoms with van der Waals surface area (Å²) in [5, 5.41) is 10.1. The Morgan fingerprint density at radius 3 is 2.78 bits per heavy atom. The molecule has 0 radical (unpaired) electrons. The summed E-state index contributed by atoms with van der Waals surface area (Å²) in [4.78, 5) is 23.7. The van der Waals surface area contributed by atoms with Crippen molar-refractivity contribution in [2.75, 3.05) is 13.7 Å². The zero-order valence-corrected chi connectivity index (χ0v) is 12.7. The van der Waals surface area contributed by atoms with Gasteiger partial charge in [-0.2, -0.15) is 5.10 Å². The van der Waals surface area contributed by atoms with E-state index in [4.69, 9.17) is 4.74 Å². The van der Waals surface area contributed by atoms with Crippen molar-refractivity contribution in [3.63, 3.8) is 0 Å². The number of ether oxygens (including phenoxy) is 1. The van der Waals surface area contributed by atoms with E-state index in [1.807, 2.05) is 24.4 Å². The number of aromatic nitrogens is 2. The molecule has 1 aliphatic rings. The summed E-state index contributed by atoms with van der Waals surface area (Å²) in [5.74, 6) is -0.459. The van der Waals surface area contributed by atoms with Crippen LogP contribution in [0, 0.1) is 0 Å². The number of nitrogens with zero attached hydrogens (tertiary/aromatic N) is 2. The van der Waals surface area contributed by atoms with E-state index in [0.717, 1.165) is 5.69 Å². The molecule has 1 aromatic carbocycles. The minimum atomic E-state index is -0.354. The Kier molecular flexibility index (Phi) is 4.38. The van der Waals surface area contributed by atoms with Crippen molar-refractivity contribution >= 4 is 11.9 Å². The maximum Gasteiger partial charge on any atom is 0.322 e. The topological polar surface area (TPSA) is 85.2 Å². The molecule has 2 aromatic rings. The molecule has 3 rings (SSSR count). The van der Waals surface area contributed by atoms with E-state index < -0.39 is 0 Å². The predicted molar refractivity (Wildman–Crippen MR) is 83.2 cm³/mol. The second-order valence-corrected chi connectivity index (χ2v) is 5.39. The number of amides is 1. The van der Waals surface area contributed by atoms with E-state index in [0.29, 0.717) is 18.5 Å². The second kappa shape index (κ2) is 6.62. The van der Waals surface area contributed by atoms with Crippen LogP contribution in [0.3, 0.4) is 0 Å². The van der Waals surface area contributed by atoms with Gasteiger partial charge >= 0.3 is 5.97 Å². The molecule has 2 atom stereocenters. The molecule has 2 heterocycles. The number of carbonyl (C=O) groups is 2. The molecule has 7 heteroatoms. The number of hydrogen-bond donors (Lipinski definition) is 2. The molecule has 0 unspecified atom stereocenters. The molecule has 1 aliphatic heterocycles. The number of hydrogen-bond acceptors (Lipinski definition) is 5. The van der Waals surface area contributed by atoms with Crippen molar-refractivity contribution in [2.45, 2.75) is 18.5 Å². The number of methoxy groups -OCH3 is 1. The average Bonchev–Trinajstić information content (AvgIpc) is 3.26. The van der Waals surface area contributed by atoms with Crippen LogP contribution in [0.1, 0.15) is 16.8 Å². The van der Waals surface area contributed by atoms with Gasteiger partial charge in [0.1, 0.15) is 6.04 Å². The molecule has 1 aromatic heterocycles. The molecular formula is C16H18N4O3. The number of nitrogens with one attached hydrogen (secondary N) is 2. The van der Waals surface area contributed by atoms with Crippen molar-refractivity contribution in [3.05, 3.63) is 48.3 Å². The summed E-state index contributed by atoms with van der Waals surface area (Å²) in [7, 11) is 1.36. The lowest BCUT2D eigenvalue weighted by atomic mass is 10.1. The maximum atomic E-state index is 12.3. The highest BCUT2D eigenvalue weighted by Crippen LogP contribution is 2.11. The smallest absolute Gasteiger partial charge is 0.322 e. The van der Waals surface area contributed by atoms with Crippen LogP contribution in [0.4, 0.5) is 0 Å². The van der Waals surface area contributed by atoms with Gasteiger partial charge in [-0.25, -0.2) is 4.68 Å². The monoisotopic (exact) mass is 314 g/mol. The highest BCUT2D eigenvalue weighted by atomic mass is 16.5. The normalized spacial score (nSPS) is 20.2. The third kappa shape index (κ3) is 3.40. The van der Waals surface area contributed by atoms with Crippen LogP contribution in [0.5, 0.6) is 0 Å². The molecule has 1 fully saturated rings. The highest BCUT2D eigenvalue weighted by Gasteiger charge is 2.30. The van der Waals surface area contributed by atoms with Crippen molar-refractivity contribution < 1.29 is 14.3 Å². The fourth-order valence-corrected chi connectivity index (χ4v) is 2.62.